The van der Waals surface area contributed by atoms with E-state index in [1.54, 1.807) is 11.3 Å². The highest BCUT2D eigenvalue weighted by molar-refractivity contribution is 7.20. The Morgan fingerprint density at radius 2 is 2.21 bits per heavy atom. The van der Waals surface area contributed by atoms with Crippen LogP contribution < -0.4 is 5.32 Å². The van der Waals surface area contributed by atoms with Gasteiger partial charge in [-0.2, -0.15) is 0 Å². The smallest absolute Gasteiger partial charge is 0.190 e. The van der Waals surface area contributed by atoms with E-state index in [9.17, 15) is 4.79 Å². The molecule has 1 aromatic carbocycles. The predicted molar refractivity (Wildman–Crippen MR) is 57.9 cm³/mol. The fraction of sp³-hybridized carbons (Fsp3) is 0.182. The van der Waals surface area contributed by atoms with Crippen molar-refractivity contribution in [3.05, 3.63) is 35.2 Å². The molecule has 1 saturated heterocycles. The molecule has 1 aromatic heterocycles. The maximum atomic E-state index is 11.7. The van der Waals surface area contributed by atoms with Gasteiger partial charge in [0.25, 0.3) is 0 Å². The molecule has 1 fully saturated rings. The number of carbonyl (C=O) groups is 1. The zero-order valence-corrected chi connectivity index (χ0v) is 8.30. The van der Waals surface area contributed by atoms with E-state index in [2.05, 4.69) is 11.4 Å². The molecule has 2 nitrogen and oxygen atoms in total. The lowest BCUT2D eigenvalue weighted by atomic mass is 10.2. The second-order valence-corrected chi connectivity index (χ2v) is 4.56. The van der Waals surface area contributed by atoms with Crippen molar-refractivity contribution in [1.82, 2.24) is 5.32 Å². The quantitative estimate of drug-likeness (QED) is 0.599. The number of rotatable bonds is 2. The maximum Gasteiger partial charge on any atom is 0.190 e. The monoisotopic (exact) mass is 203 g/mol. The fourth-order valence-corrected chi connectivity index (χ4v) is 2.58. The number of hydrogen-bond donors (Lipinski definition) is 1. The summed E-state index contributed by atoms with van der Waals surface area (Å²) in [6.07, 6.45) is 0. The van der Waals surface area contributed by atoms with Crippen molar-refractivity contribution < 1.29 is 4.79 Å². The number of hydrogen-bond acceptors (Lipinski definition) is 3. The van der Waals surface area contributed by atoms with Gasteiger partial charge in [-0.1, -0.05) is 18.2 Å². The third-order valence-electron chi connectivity index (χ3n) is 2.39. The summed E-state index contributed by atoms with van der Waals surface area (Å²) in [5.74, 6) is 0.242. The first-order valence-electron chi connectivity index (χ1n) is 4.61. The average Bonchev–Trinajstić information content (AvgIpc) is 2.95. The average molecular weight is 203 g/mol. The van der Waals surface area contributed by atoms with Crippen molar-refractivity contribution in [2.45, 2.75) is 6.04 Å². The van der Waals surface area contributed by atoms with Crippen LogP contribution in [-0.4, -0.2) is 18.4 Å². The summed E-state index contributed by atoms with van der Waals surface area (Å²) in [5.41, 5.74) is 0. The van der Waals surface area contributed by atoms with Crippen LogP contribution in [0.4, 0.5) is 0 Å². The normalized spacial score (nSPS) is 19.9. The molecule has 1 N–H and O–H groups in total. The van der Waals surface area contributed by atoms with Gasteiger partial charge in [-0.3, -0.25) is 4.79 Å². The van der Waals surface area contributed by atoms with Crippen LogP contribution in [0, 0.1) is 0 Å². The molecule has 1 aliphatic rings. The standard InChI is InChI=1S/C11H9NOS/c13-11(8-6-12-8)10-5-7-3-1-2-4-9(7)14-10/h1-5,8,12H,6H2. The number of carbonyl (C=O) groups excluding carboxylic acids is 1. The first-order valence-corrected chi connectivity index (χ1v) is 5.42. The summed E-state index contributed by atoms with van der Waals surface area (Å²) >= 11 is 1.58. The Morgan fingerprint density at radius 1 is 1.43 bits per heavy atom. The van der Waals surface area contributed by atoms with Crippen molar-refractivity contribution in [3.63, 3.8) is 0 Å². The molecule has 1 aliphatic heterocycles. The van der Waals surface area contributed by atoms with E-state index in [0.29, 0.717) is 0 Å². The van der Waals surface area contributed by atoms with E-state index >= 15 is 0 Å². The van der Waals surface area contributed by atoms with E-state index in [1.807, 2.05) is 24.3 Å². The highest BCUT2D eigenvalue weighted by Crippen LogP contribution is 2.27. The van der Waals surface area contributed by atoms with Crippen molar-refractivity contribution >= 4 is 27.2 Å². The number of nitrogens with one attached hydrogen (secondary N) is 1. The highest BCUT2D eigenvalue weighted by Gasteiger charge is 2.30. The van der Waals surface area contributed by atoms with Gasteiger partial charge in [-0.05, 0) is 17.5 Å². The Labute approximate surface area is 85.6 Å². The van der Waals surface area contributed by atoms with E-state index in [1.165, 1.54) is 10.1 Å². The van der Waals surface area contributed by atoms with Gasteiger partial charge in [0.1, 0.15) is 0 Å². The van der Waals surface area contributed by atoms with Gasteiger partial charge in [-0.15, -0.1) is 11.3 Å². The largest absolute Gasteiger partial charge is 0.304 e. The van der Waals surface area contributed by atoms with Crippen molar-refractivity contribution in [2.75, 3.05) is 6.54 Å². The Hall–Kier alpha value is -1.19. The molecule has 1 atom stereocenters. The topological polar surface area (TPSA) is 39.0 Å². The summed E-state index contributed by atoms with van der Waals surface area (Å²) in [6, 6.07) is 10.2. The van der Waals surface area contributed by atoms with Crippen LogP contribution >= 0.6 is 11.3 Å². The number of fused-ring (bicyclic) bond motifs is 1. The molecule has 0 amide bonds. The molecule has 0 radical (unpaired) electrons. The first-order chi connectivity index (χ1) is 6.84. The summed E-state index contributed by atoms with van der Waals surface area (Å²) in [6.45, 7) is 0.840. The maximum absolute atomic E-state index is 11.7. The lowest BCUT2D eigenvalue weighted by Crippen LogP contribution is -2.07. The van der Waals surface area contributed by atoms with Gasteiger partial charge in [0.2, 0.25) is 0 Å². The van der Waals surface area contributed by atoms with Crippen LogP contribution in [0.25, 0.3) is 10.1 Å². The Kier molecular flexibility index (Phi) is 1.69. The minimum atomic E-state index is 0.0862. The number of Topliss-reactive ketones (excluding diaryl/α,β-unsaturated/α-hetero) is 1. The predicted octanol–water partition coefficient (Wildman–Crippen LogP) is 2.06. The number of thiophene rings is 1. The minimum absolute atomic E-state index is 0.0862. The lowest BCUT2D eigenvalue weighted by Gasteiger charge is -1.88. The van der Waals surface area contributed by atoms with Crippen molar-refractivity contribution in [1.29, 1.82) is 0 Å². The number of ketones is 1. The summed E-state index contributed by atoms with van der Waals surface area (Å²) in [4.78, 5) is 12.6. The van der Waals surface area contributed by atoms with Crippen LogP contribution in [-0.2, 0) is 0 Å². The number of benzene rings is 1. The van der Waals surface area contributed by atoms with Crippen molar-refractivity contribution in [3.8, 4) is 0 Å². The molecule has 0 bridgehead atoms. The van der Waals surface area contributed by atoms with Gasteiger partial charge >= 0.3 is 0 Å². The molecule has 14 heavy (non-hydrogen) atoms. The third-order valence-corrected chi connectivity index (χ3v) is 3.52. The first kappa shape index (κ1) is 8.15. The summed E-state index contributed by atoms with van der Waals surface area (Å²) in [5, 5.41) is 4.20. The molecule has 2 heterocycles. The molecular formula is C11H9NOS. The van der Waals surface area contributed by atoms with Gasteiger partial charge < -0.3 is 5.32 Å². The van der Waals surface area contributed by atoms with E-state index < -0.39 is 0 Å². The van der Waals surface area contributed by atoms with Gasteiger partial charge in [0.15, 0.2) is 5.78 Å². The molecule has 0 aliphatic carbocycles. The van der Waals surface area contributed by atoms with Crippen LogP contribution in [0.15, 0.2) is 30.3 Å². The summed E-state index contributed by atoms with van der Waals surface area (Å²) < 4.78 is 1.19. The zero-order valence-electron chi connectivity index (χ0n) is 7.49. The second-order valence-electron chi connectivity index (χ2n) is 3.47. The highest BCUT2D eigenvalue weighted by atomic mass is 32.1. The molecule has 2 aromatic rings. The SMILES string of the molecule is O=C(c1cc2ccccc2s1)C1CN1. The van der Waals surface area contributed by atoms with E-state index in [4.69, 9.17) is 0 Å². The van der Waals surface area contributed by atoms with Crippen LogP contribution in [0.3, 0.4) is 0 Å². The van der Waals surface area contributed by atoms with E-state index in [0.717, 1.165) is 11.4 Å². The third kappa shape index (κ3) is 1.25. The minimum Gasteiger partial charge on any atom is -0.304 e. The Morgan fingerprint density at radius 3 is 2.93 bits per heavy atom. The van der Waals surface area contributed by atoms with Gasteiger partial charge in [0.05, 0.1) is 10.9 Å². The van der Waals surface area contributed by atoms with E-state index in [-0.39, 0.29) is 11.8 Å². The van der Waals surface area contributed by atoms with Crippen LogP contribution in [0.1, 0.15) is 9.67 Å². The van der Waals surface area contributed by atoms with Crippen molar-refractivity contribution in [2.24, 2.45) is 0 Å². The van der Waals surface area contributed by atoms with Gasteiger partial charge in [0, 0.05) is 11.2 Å². The fourth-order valence-electron chi connectivity index (χ4n) is 1.52. The molecule has 70 valence electrons. The van der Waals surface area contributed by atoms with Crippen LogP contribution in [0.5, 0.6) is 0 Å². The molecular weight excluding hydrogens is 194 g/mol. The molecule has 3 heteroatoms. The summed E-state index contributed by atoms with van der Waals surface area (Å²) in [7, 11) is 0. The molecule has 0 spiro atoms. The Bertz CT molecular complexity index is 466. The van der Waals surface area contributed by atoms with Gasteiger partial charge in [-0.25, -0.2) is 0 Å². The lowest BCUT2D eigenvalue weighted by molar-refractivity contribution is 0.0994. The Balaban J connectivity index is 2.09. The zero-order chi connectivity index (χ0) is 9.54. The molecule has 3 rings (SSSR count). The second kappa shape index (κ2) is 2.90. The molecule has 1 unspecified atom stereocenters. The van der Waals surface area contributed by atoms with Crippen LogP contribution in [0.2, 0.25) is 0 Å². The molecule has 0 saturated carbocycles.